The predicted octanol–water partition coefficient (Wildman–Crippen LogP) is 2.67. The van der Waals surface area contributed by atoms with Crippen LogP contribution in [0, 0.1) is 0 Å². The number of rotatable bonds is 7. The van der Waals surface area contributed by atoms with E-state index >= 15 is 0 Å². The van der Waals surface area contributed by atoms with Gasteiger partial charge in [0, 0.05) is 28.3 Å². The smallest absolute Gasteiger partial charge is 0.330 e. The third-order valence-electron chi connectivity index (χ3n) is 2.15. The van der Waals surface area contributed by atoms with Crippen LogP contribution in [0.2, 0.25) is 5.02 Å². The van der Waals surface area contributed by atoms with Crippen LogP contribution < -0.4 is 5.32 Å². The molecule has 0 fully saturated rings. The predicted molar refractivity (Wildman–Crippen MR) is 81.0 cm³/mol. The van der Waals surface area contributed by atoms with Crippen LogP contribution in [-0.2, 0) is 14.3 Å². The number of hydrogen-bond acceptors (Lipinski definition) is 4. The second-order valence-electron chi connectivity index (χ2n) is 3.76. The summed E-state index contributed by atoms with van der Waals surface area (Å²) in [5.74, 6) is -0.0892. The van der Waals surface area contributed by atoms with Gasteiger partial charge < -0.3 is 10.1 Å². The summed E-state index contributed by atoms with van der Waals surface area (Å²) in [7, 11) is 0. The van der Waals surface area contributed by atoms with E-state index in [9.17, 15) is 9.59 Å². The van der Waals surface area contributed by atoms with Gasteiger partial charge in [-0.25, -0.2) is 4.79 Å². The molecule has 108 valence electrons. The second-order valence-corrected chi connectivity index (χ2v) is 5.36. The Labute approximate surface area is 127 Å². The Morgan fingerprint density at radius 1 is 1.35 bits per heavy atom. The Bertz CT molecular complexity index is 474. The van der Waals surface area contributed by atoms with Crippen LogP contribution in [0.1, 0.15) is 6.92 Å². The SMILES string of the molecule is C/C=C/C(=O)OCC(=O)NCCSc1ccc(Cl)cc1. The van der Waals surface area contributed by atoms with Gasteiger partial charge in [0.15, 0.2) is 6.61 Å². The molecule has 0 aliphatic rings. The molecule has 0 bridgehead atoms. The van der Waals surface area contributed by atoms with Crippen molar-refractivity contribution in [1.29, 1.82) is 0 Å². The fraction of sp³-hybridized carbons (Fsp3) is 0.286. The summed E-state index contributed by atoms with van der Waals surface area (Å²) in [5, 5.41) is 3.37. The molecule has 1 rings (SSSR count). The Kier molecular flexibility index (Phi) is 7.84. The number of benzene rings is 1. The van der Waals surface area contributed by atoms with Gasteiger partial charge in [0.2, 0.25) is 0 Å². The number of carbonyl (C=O) groups excluding carboxylic acids is 2. The lowest BCUT2D eigenvalue weighted by Crippen LogP contribution is -2.30. The van der Waals surface area contributed by atoms with Gasteiger partial charge in [-0.2, -0.15) is 0 Å². The molecule has 0 heterocycles. The first-order chi connectivity index (χ1) is 9.61. The van der Waals surface area contributed by atoms with Crippen LogP contribution in [0.3, 0.4) is 0 Å². The zero-order chi connectivity index (χ0) is 14.8. The highest BCUT2D eigenvalue weighted by Gasteiger charge is 2.04. The molecule has 0 aliphatic carbocycles. The number of esters is 1. The van der Waals surface area contributed by atoms with Gasteiger partial charge in [0.1, 0.15) is 0 Å². The largest absolute Gasteiger partial charge is 0.452 e. The molecule has 0 saturated carbocycles. The lowest BCUT2D eigenvalue weighted by Gasteiger charge is -2.05. The van der Waals surface area contributed by atoms with Crippen LogP contribution in [-0.4, -0.2) is 30.8 Å². The number of hydrogen-bond donors (Lipinski definition) is 1. The number of nitrogens with one attached hydrogen (secondary N) is 1. The van der Waals surface area contributed by atoms with Crippen molar-refractivity contribution >= 4 is 35.2 Å². The zero-order valence-corrected chi connectivity index (χ0v) is 12.7. The highest BCUT2D eigenvalue weighted by atomic mass is 35.5. The molecule has 0 radical (unpaired) electrons. The summed E-state index contributed by atoms with van der Waals surface area (Å²) in [6.07, 6.45) is 2.83. The van der Waals surface area contributed by atoms with Crippen LogP contribution in [0.5, 0.6) is 0 Å². The third-order valence-corrected chi connectivity index (χ3v) is 3.42. The molecule has 1 N–H and O–H groups in total. The lowest BCUT2D eigenvalue weighted by atomic mass is 10.4. The van der Waals surface area contributed by atoms with Crippen LogP contribution in [0.15, 0.2) is 41.3 Å². The normalized spacial score (nSPS) is 10.5. The molecule has 4 nitrogen and oxygen atoms in total. The van der Waals surface area contributed by atoms with E-state index in [1.165, 1.54) is 6.08 Å². The first-order valence-electron chi connectivity index (χ1n) is 6.06. The molecule has 6 heteroatoms. The monoisotopic (exact) mass is 313 g/mol. The molecule has 20 heavy (non-hydrogen) atoms. The number of ether oxygens (including phenoxy) is 1. The molecule has 0 aliphatic heterocycles. The standard InChI is InChI=1S/C14H16ClNO3S/c1-2-3-14(18)19-10-13(17)16-8-9-20-12-6-4-11(15)5-7-12/h2-7H,8-10H2,1H3,(H,16,17)/b3-2+. The molecule has 0 atom stereocenters. The van der Waals surface area contributed by atoms with Crippen molar-refractivity contribution in [3.63, 3.8) is 0 Å². The molecule has 0 spiro atoms. The third kappa shape index (κ3) is 7.21. The maximum atomic E-state index is 11.4. The molecular weight excluding hydrogens is 298 g/mol. The number of halogens is 1. The number of amides is 1. The Morgan fingerprint density at radius 3 is 2.70 bits per heavy atom. The summed E-state index contributed by atoms with van der Waals surface area (Å²) < 4.78 is 4.71. The summed E-state index contributed by atoms with van der Waals surface area (Å²) in [4.78, 5) is 23.4. The average Bonchev–Trinajstić information content (AvgIpc) is 2.43. The topological polar surface area (TPSA) is 55.4 Å². The minimum absolute atomic E-state index is 0.255. The number of thioether (sulfide) groups is 1. The van der Waals surface area contributed by atoms with E-state index in [0.29, 0.717) is 11.6 Å². The van der Waals surface area contributed by atoms with Crippen molar-refractivity contribution < 1.29 is 14.3 Å². The van der Waals surface area contributed by atoms with E-state index in [-0.39, 0.29) is 12.5 Å². The van der Waals surface area contributed by atoms with Crippen molar-refractivity contribution in [3.8, 4) is 0 Å². The van der Waals surface area contributed by atoms with E-state index in [2.05, 4.69) is 5.32 Å². The average molecular weight is 314 g/mol. The summed E-state index contributed by atoms with van der Waals surface area (Å²) >= 11 is 7.40. The van der Waals surface area contributed by atoms with Crippen molar-refractivity contribution in [2.75, 3.05) is 18.9 Å². The van der Waals surface area contributed by atoms with E-state index in [1.807, 2.05) is 24.3 Å². The van der Waals surface area contributed by atoms with E-state index in [0.717, 1.165) is 10.6 Å². The Hall–Kier alpha value is -1.46. The highest BCUT2D eigenvalue weighted by Crippen LogP contribution is 2.19. The molecule has 1 amide bonds. The van der Waals surface area contributed by atoms with Gasteiger partial charge in [-0.15, -0.1) is 11.8 Å². The van der Waals surface area contributed by atoms with Crippen molar-refractivity contribution in [2.45, 2.75) is 11.8 Å². The van der Waals surface area contributed by atoms with Gasteiger partial charge >= 0.3 is 5.97 Å². The quantitative estimate of drug-likeness (QED) is 0.364. The molecule has 0 saturated heterocycles. The van der Waals surface area contributed by atoms with E-state index in [1.54, 1.807) is 24.8 Å². The van der Waals surface area contributed by atoms with Crippen molar-refractivity contribution in [3.05, 3.63) is 41.4 Å². The van der Waals surface area contributed by atoms with Gasteiger partial charge in [0.05, 0.1) is 0 Å². The summed E-state index contributed by atoms with van der Waals surface area (Å²) in [6, 6.07) is 7.49. The molecular formula is C14H16ClNO3S. The first-order valence-corrected chi connectivity index (χ1v) is 7.42. The number of carbonyl (C=O) groups is 2. The van der Waals surface area contributed by atoms with Crippen LogP contribution >= 0.6 is 23.4 Å². The lowest BCUT2D eigenvalue weighted by molar-refractivity contribution is -0.143. The highest BCUT2D eigenvalue weighted by molar-refractivity contribution is 7.99. The van der Waals surface area contributed by atoms with Gasteiger partial charge in [-0.3, -0.25) is 4.79 Å². The second kappa shape index (κ2) is 9.44. The van der Waals surface area contributed by atoms with Crippen LogP contribution in [0.4, 0.5) is 0 Å². The summed E-state index contributed by atoms with van der Waals surface area (Å²) in [5.41, 5.74) is 0. The molecule has 0 unspecified atom stereocenters. The molecule has 1 aromatic rings. The van der Waals surface area contributed by atoms with E-state index < -0.39 is 5.97 Å². The van der Waals surface area contributed by atoms with Crippen molar-refractivity contribution in [1.82, 2.24) is 5.32 Å². The van der Waals surface area contributed by atoms with Crippen LogP contribution in [0.25, 0.3) is 0 Å². The fourth-order valence-electron chi connectivity index (χ4n) is 1.26. The minimum Gasteiger partial charge on any atom is -0.452 e. The number of allylic oxidation sites excluding steroid dienone is 1. The minimum atomic E-state index is -0.516. The first kappa shape index (κ1) is 16.6. The van der Waals surface area contributed by atoms with Crippen molar-refractivity contribution in [2.24, 2.45) is 0 Å². The Balaban J connectivity index is 2.13. The maximum absolute atomic E-state index is 11.4. The van der Waals surface area contributed by atoms with Gasteiger partial charge in [0.25, 0.3) is 5.91 Å². The fourth-order valence-corrected chi connectivity index (χ4v) is 2.16. The Morgan fingerprint density at radius 2 is 2.05 bits per heavy atom. The summed E-state index contributed by atoms with van der Waals surface area (Å²) in [6.45, 7) is 1.96. The maximum Gasteiger partial charge on any atom is 0.330 e. The molecule has 0 aromatic heterocycles. The van der Waals surface area contributed by atoms with Gasteiger partial charge in [-0.05, 0) is 31.2 Å². The molecule has 1 aromatic carbocycles. The van der Waals surface area contributed by atoms with E-state index in [4.69, 9.17) is 16.3 Å². The van der Waals surface area contributed by atoms with Gasteiger partial charge in [-0.1, -0.05) is 17.7 Å². The zero-order valence-electron chi connectivity index (χ0n) is 11.1.